The van der Waals surface area contributed by atoms with E-state index in [1.807, 2.05) is 0 Å². The molecule has 2 heterocycles. The minimum atomic E-state index is -4.62. The third kappa shape index (κ3) is 5.20. The van der Waals surface area contributed by atoms with E-state index in [1.54, 1.807) is 29.6 Å². The fraction of sp³-hybridized carbons (Fsp3) is 0.118. The molecule has 0 fully saturated rings. The average molecular weight is 411 g/mol. The second-order valence-electron chi connectivity index (χ2n) is 5.28. The normalized spacial score (nSPS) is 11.4. The Morgan fingerprint density at radius 1 is 1.19 bits per heavy atom. The van der Waals surface area contributed by atoms with E-state index in [-0.39, 0.29) is 22.4 Å². The van der Waals surface area contributed by atoms with Gasteiger partial charge >= 0.3 is 6.18 Å². The van der Waals surface area contributed by atoms with E-state index in [0.29, 0.717) is 10.6 Å². The molecular weight excluding hydrogens is 399 g/mol. The first kappa shape index (κ1) is 19.2. The maximum absolute atomic E-state index is 13.1. The minimum absolute atomic E-state index is 0.0118. The lowest BCUT2D eigenvalue weighted by molar-refractivity contribution is -0.141. The summed E-state index contributed by atoms with van der Waals surface area (Å²) in [4.78, 5) is 20.2. The number of carbonyl (C=O) groups is 1. The number of aromatic nitrogens is 2. The Balaban J connectivity index is 1.75. The lowest BCUT2D eigenvalue weighted by Gasteiger charge is -2.10. The van der Waals surface area contributed by atoms with Crippen LogP contribution in [0.15, 0.2) is 53.0 Å². The van der Waals surface area contributed by atoms with Crippen LogP contribution in [0, 0.1) is 0 Å². The van der Waals surface area contributed by atoms with Gasteiger partial charge in [-0.05, 0) is 29.6 Å². The van der Waals surface area contributed by atoms with Gasteiger partial charge in [0.2, 0.25) is 5.91 Å². The molecule has 0 bridgehead atoms. The van der Waals surface area contributed by atoms with E-state index in [2.05, 4.69) is 15.3 Å². The second-order valence-corrected chi connectivity index (χ2v) is 7.17. The summed E-state index contributed by atoms with van der Waals surface area (Å²) < 4.78 is 39.3. The number of halogens is 3. The van der Waals surface area contributed by atoms with Crippen LogP contribution in [0.4, 0.5) is 18.9 Å². The molecule has 3 rings (SSSR count). The Morgan fingerprint density at radius 2 is 2.00 bits per heavy atom. The van der Waals surface area contributed by atoms with Crippen molar-refractivity contribution in [1.82, 2.24) is 9.97 Å². The molecule has 0 saturated heterocycles. The molecule has 1 aromatic carbocycles. The van der Waals surface area contributed by atoms with Crippen molar-refractivity contribution >= 4 is 34.7 Å². The number of anilines is 1. The van der Waals surface area contributed by atoms with Crippen LogP contribution in [0.5, 0.6) is 5.75 Å². The Hall–Kier alpha value is -2.59. The molecule has 140 valence electrons. The standard InChI is InChI=1S/C17H12F3N3O2S2/c18-17(19,20)14-8-12(13-5-2-6-26-13)22-16(23-14)27-9-15(25)21-10-3-1-4-11(24)7-10/h1-8,24H,9H2,(H,21,25). The number of rotatable bonds is 5. The van der Waals surface area contributed by atoms with Crippen LogP contribution in [0.3, 0.4) is 0 Å². The van der Waals surface area contributed by atoms with Crippen LogP contribution >= 0.6 is 23.1 Å². The van der Waals surface area contributed by atoms with Gasteiger partial charge in [0.25, 0.3) is 0 Å². The number of aromatic hydroxyl groups is 1. The van der Waals surface area contributed by atoms with E-state index < -0.39 is 17.8 Å². The molecule has 0 aliphatic carbocycles. The monoisotopic (exact) mass is 411 g/mol. The van der Waals surface area contributed by atoms with Crippen LogP contribution in [0.2, 0.25) is 0 Å². The summed E-state index contributed by atoms with van der Waals surface area (Å²) in [6, 6.07) is 10.2. The molecule has 0 atom stereocenters. The number of hydrogen-bond donors (Lipinski definition) is 2. The molecule has 0 radical (unpaired) electrons. The minimum Gasteiger partial charge on any atom is -0.508 e. The van der Waals surface area contributed by atoms with Gasteiger partial charge in [0.1, 0.15) is 11.4 Å². The second kappa shape index (κ2) is 7.97. The Kier molecular flexibility index (Phi) is 5.66. The van der Waals surface area contributed by atoms with Gasteiger partial charge in [0.05, 0.1) is 16.3 Å². The summed E-state index contributed by atoms with van der Waals surface area (Å²) >= 11 is 2.06. The van der Waals surface area contributed by atoms with Gasteiger partial charge in [0, 0.05) is 11.8 Å². The number of thioether (sulfide) groups is 1. The fourth-order valence-corrected chi connectivity index (χ4v) is 3.44. The van der Waals surface area contributed by atoms with E-state index in [1.165, 1.54) is 23.5 Å². The van der Waals surface area contributed by atoms with Crippen LogP contribution in [-0.4, -0.2) is 26.7 Å². The predicted molar refractivity (Wildman–Crippen MR) is 97.8 cm³/mol. The number of hydrogen-bond acceptors (Lipinski definition) is 6. The number of benzene rings is 1. The summed E-state index contributed by atoms with van der Waals surface area (Å²) in [5.74, 6) is -0.646. The molecule has 0 unspecified atom stereocenters. The fourth-order valence-electron chi connectivity index (χ4n) is 2.10. The van der Waals surface area contributed by atoms with E-state index in [4.69, 9.17) is 0 Å². The van der Waals surface area contributed by atoms with E-state index in [0.717, 1.165) is 17.8 Å². The summed E-state index contributed by atoms with van der Waals surface area (Å²) in [5.41, 5.74) is -0.523. The topological polar surface area (TPSA) is 75.1 Å². The highest BCUT2D eigenvalue weighted by Crippen LogP contribution is 2.33. The zero-order valence-corrected chi connectivity index (χ0v) is 15.2. The summed E-state index contributed by atoms with van der Waals surface area (Å²) in [5, 5.41) is 13.5. The lowest BCUT2D eigenvalue weighted by Crippen LogP contribution is -2.15. The van der Waals surface area contributed by atoms with Gasteiger partial charge < -0.3 is 10.4 Å². The predicted octanol–water partition coefficient (Wildman–Crippen LogP) is 4.66. The van der Waals surface area contributed by atoms with Gasteiger partial charge in [-0.1, -0.05) is 23.9 Å². The van der Waals surface area contributed by atoms with Crippen molar-refractivity contribution in [1.29, 1.82) is 0 Å². The Bertz CT molecular complexity index is 947. The zero-order chi connectivity index (χ0) is 19.4. The first-order chi connectivity index (χ1) is 12.8. The van der Waals surface area contributed by atoms with Gasteiger partial charge in [-0.2, -0.15) is 13.2 Å². The number of alkyl halides is 3. The molecule has 2 N–H and O–H groups in total. The Labute approximate surface area is 160 Å². The van der Waals surface area contributed by atoms with E-state index in [9.17, 15) is 23.1 Å². The SMILES string of the molecule is O=C(CSc1nc(-c2cccs2)cc(C(F)(F)F)n1)Nc1cccc(O)c1. The lowest BCUT2D eigenvalue weighted by atomic mass is 10.3. The molecule has 1 amide bonds. The molecule has 0 aliphatic rings. The van der Waals surface area contributed by atoms with Crippen molar-refractivity contribution in [2.75, 3.05) is 11.1 Å². The first-order valence-electron chi connectivity index (χ1n) is 7.53. The van der Waals surface area contributed by atoms with Crippen molar-refractivity contribution in [3.63, 3.8) is 0 Å². The van der Waals surface area contributed by atoms with Crippen molar-refractivity contribution in [3.05, 3.63) is 53.5 Å². The third-order valence-electron chi connectivity index (χ3n) is 3.23. The molecule has 0 aliphatic heterocycles. The maximum Gasteiger partial charge on any atom is 0.433 e. The number of nitrogens with one attached hydrogen (secondary N) is 1. The molecule has 0 spiro atoms. The van der Waals surface area contributed by atoms with Gasteiger partial charge in [0.15, 0.2) is 5.16 Å². The van der Waals surface area contributed by atoms with Gasteiger partial charge in [-0.15, -0.1) is 11.3 Å². The van der Waals surface area contributed by atoms with Crippen molar-refractivity contribution in [2.24, 2.45) is 0 Å². The number of thiophene rings is 1. The van der Waals surface area contributed by atoms with Gasteiger partial charge in [-0.25, -0.2) is 9.97 Å². The largest absolute Gasteiger partial charge is 0.508 e. The van der Waals surface area contributed by atoms with Crippen LogP contribution in [0.1, 0.15) is 5.69 Å². The number of phenolic OH excluding ortho intramolecular Hbond substituents is 1. The number of carbonyl (C=O) groups excluding carboxylic acids is 1. The van der Waals surface area contributed by atoms with Crippen molar-refractivity contribution < 1.29 is 23.1 Å². The highest BCUT2D eigenvalue weighted by molar-refractivity contribution is 7.99. The third-order valence-corrected chi connectivity index (χ3v) is 4.97. The quantitative estimate of drug-likeness (QED) is 0.472. The molecule has 10 heteroatoms. The van der Waals surface area contributed by atoms with Gasteiger partial charge in [-0.3, -0.25) is 4.79 Å². The number of amides is 1. The highest BCUT2D eigenvalue weighted by atomic mass is 32.2. The van der Waals surface area contributed by atoms with Crippen LogP contribution in [-0.2, 0) is 11.0 Å². The summed E-state index contributed by atoms with van der Waals surface area (Å²) in [7, 11) is 0. The molecule has 0 saturated carbocycles. The van der Waals surface area contributed by atoms with Crippen molar-refractivity contribution in [2.45, 2.75) is 11.3 Å². The zero-order valence-electron chi connectivity index (χ0n) is 13.5. The molecule has 2 aromatic heterocycles. The Morgan fingerprint density at radius 3 is 2.67 bits per heavy atom. The smallest absolute Gasteiger partial charge is 0.433 e. The van der Waals surface area contributed by atoms with E-state index >= 15 is 0 Å². The molecule has 3 aromatic rings. The highest BCUT2D eigenvalue weighted by Gasteiger charge is 2.34. The molecule has 27 heavy (non-hydrogen) atoms. The van der Waals surface area contributed by atoms with Crippen molar-refractivity contribution in [3.8, 4) is 16.3 Å². The number of phenols is 1. The van der Waals surface area contributed by atoms with Crippen LogP contribution < -0.4 is 5.32 Å². The number of nitrogens with zero attached hydrogens (tertiary/aromatic N) is 2. The summed E-state index contributed by atoms with van der Waals surface area (Å²) in [6.45, 7) is 0. The first-order valence-corrected chi connectivity index (χ1v) is 9.39. The molecular formula is C17H12F3N3O2S2. The van der Waals surface area contributed by atoms with Crippen LogP contribution in [0.25, 0.3) is 10.6 Å². The average Bonchev–Trinajstić information content (AvgIpc) is 3.14. The molecule has 5 nitrogen and oxygen atoms in total. The maximum atomic E-state index is 13.1. The summed E-state index contributed by atoms with van der Waals surface area (Å²) in [6.07, 6.45) is -4.62.